The number of amides is 3. The van der Waals surface area contributed by atoms with Crippen LogP contribution < -0.4 is 10.2 Å². The summed E-state index contributed by atoms with van der Waals surface area (Å²) in [6.45, 7) is 3.86. The summed E-state index contributed by atoms with van der Waals surface area (Å²) < 4.78 is 0. The molecule has 1 N–H and O–H groups in total. The summed E-state index contributed by atoms with van der Waals surface area (Å²) in [5.74, 6) is -0.780. The molecule has 1 saturated heterocycles. The van der Waals surface area contributed by atoms with E-state index in [4.69, 9.17) is 0 Å². The van der Waals surface area contributed by atoms with Crippen molar-refractivity contribution in [1.82, 2.24) is 4.90 Å². The Labute approximate surface area is 157 Å². The predicted octanol–water partition coefficient (Wildman–Crippen LogP) is 2.85. The van der Waals surface area contributed by atoms with Gasteiger partial charge >= 0.3 is 0 Å². The van der Waals surface area contributed by atoms with Crippen LogP contribution in [0.25, 0.3) is 0 Å². The van der Waals surface area contributed by atoms with E-state index in [1.807, 2.05) is 32.0 Å². The Morgan fingerprint density at radius 3 is 2.63 bits per heavy atom. The van der Waals surface area contributed by atoms with Gasteiger partial charge in [0, 0.05) is 25.6 Å². The summed E-state index contributed by atoms with van der Waals surface area (Å²) in [6.07, 6.45) is 0.477. The first-order valence-corrected chi connectivity index (χ1v) is 8.95. The minimum Gasteiger partial charge on any atom is -0.322 e. The molecule has 2 aromatic carbocycles. The SMILES string of the molecule is Cc1ccc(C)c(NC(=O)C23CCC(=O)N2c2ccccc2C(=O)N3C)c1. The fourth-order valence-corrected chi connectivity index (χ4v) is 4.02. The molecule has 1 unspecified atom stereocenters. The van der Waals surface area contributed by atoms with Crippen molar-refractivity contribution < 1.29 is 14.4 Å². The maximum atomic E-state index is 13.4. The van der Waals surface area contributed by atoms with Crippen LogP contribution in [0.15, 0.2) is 42.5 Å². The van der Waals surface area contributed by atoms with Crippen molar-refractivity contribution >= 4 is 29.1 Å². The van der Waals surface area contributed by atoms with E-state index in [0.717, 1.165) is 11.1 Å². The number of carbonyl (C=O) groups excluding carboxylic acids is 3. The molecule has 0 spiro atoms. The Morgan fingerprint density at radius 2 is 1.85 bits per heavy atom. The average molecular weight is 363 g/mol. The lowest BCUT2D eigenvalue weighted by atomic mass is 9.96. The van der Waals surface area contributed by atoms with Crippen LogP contribution in [0.2, 0.25) is 0 Å². The molecule has 0 bridgehead atoms. The van der Waals surface area contributed by atoms with E-state index in [2.05, 4.69) is 5.32 Å². The third kappa shape index (κ3) is 2.36. The molecule has 0 aliphatic carbocycles. The Bertz CT molecular complexity index is 984. The minimum absolute atomic E-state index is 0.155. The molecule has 2 heterocycles. The summed E-state index contributed by atoms with van der Waals surface area (Å²) in [4.78, 5) is 42.0. The van der Waals surface area contributed by atoms with E-state index in [0.29, 0.717) is 16.9 Å². The Hall–Kier alpha value is -3.15. The van der Waals surface area contributed by atoms with Gasteiger partial charge in [0.15, 0.2) is 0 Å². The number of para-hydroxylation sites is 1. The van der Waals surface area contributed by atoms with Gasteiger partial charge in [-0.05, 0) is 43.2 Å². The largest absolute Gasteiger partial charge is 0.322 e. The first-order valence-electron chi connectivity index (χ1n) is 8.95. The first kappa shape index (κ1) is 17.3. The summed E-state index contributed by atoms with van der Waals surface area (Å²) >= 11 is 0. The molecular weight excluding hydrogens is 342 g/mol. The van der Waals surface area contributed by atoms with Crippen LogP contribution in [-0.4, -0.2) is 35.3 Å². The molecule has 4 rings (SSSR count). The molecule has 6 heteroatoms. The number of rotatable bonds is 2. The van der Waals surface area contributed by atoms with E-state index in [1.54, 1.807) is 31.3 Å². The van der Waals surface area contributed by atoms with Crippen molar-refractivity contribution in [3.63, 3.8) is 0 Å². The first-order chi connectivity index (χ1) is 12.9. The number of hydrogen-bond acceptors (Lipinski definition) is 3. The Morgan fingerprint density at radius 1 is 1.11 bits per heavy atom. The van der Waals surface area contributed by atoms with Crippen LogP contribution in [0.5, 0.6) is 0 Å². The lowest BCUT2D eigenvalue weighted by Crippen LogP contribution is -2.68. The van der Waals surface area contributed by atoms with Crippen molar-refractivity contribution in [2.45, 2.75) is 32.4 Å². The van der Waals surface area contributed by atoms with Gasteiger partial charge in [-0.3, -0.25) is 19.3 Å². The van der Waals surface area contributed by atoms with Crippen molar-refractivity contribution in [2.24, 2.45) is 0 Å². The summed E-state index contributed by atoms with van der Waals surface area (Å²) in [7, 11) is 1.59. The molecule has 0 saturated carbocycles. The number of hydrogen-bond donors (Lipinski definition) is 1. The van der Waals surface area contributed by atoms with Gasteiger partial charge in [-0.1, -0.05) is 24.3 Å². The van der Waals surface area contributed by atoms with Gasteiger partial charge in [0.05, 0.1) is 11.3 Å². The number of benzene rings is 2. The topological polar surface area (TPSA) is 69.7 Å². The number of anilines is 2. The van der Waals surface area contributed by atoms with Crippen LogP contribution in [0, 0.1) is 13.8 Å². The molecule has 3 amide bonds. The zero-order valence-electron chi connectivity index (χ0n) is 15.6. The molecular formula is C21H21N3O3. The highest BCUT2D eigenvalue weighted by Crippen LogP contribution is 2.44. The normalized spacial score (nSPS) is 21.1. The molecule has 2 aromatic rings. The van der Waals surface area contributed by atoms with E-state index < -0.39 is 5.66 Å². The zero-order chi connectivity index (χ0) is 19.3. The fourth-order valence-electron chi connectivity index (χ4n) is 4.02. The molecule has 138 valence electrons. The third-order valence-electron chi connectivity index (χ3n) is 5.55. The van der Waals surface area contributed by atoms with Crippen LogP contribution >= 0.6 is 0 Å². The second-order valence-electron chi connectivity index (χ2n) is 7.20. The quantitative estimate of drug-likeness (QED) is 0.892. The third-order valence-corrected chi connectivity index (χ3v) is 5.55. The van der Waals surface area contributed by atoms with E-state index in [-0.39, 0.29) is 30.6 Å². The molecule has 27 heavy (non-hydrogen) atoms. The van der Waals surface area contributed by atoms with Gasteiger partial charge in [0.25, 0.3) is 11.8 Å². The van der Waals surface area contributed by atoms with E-state index in [1.165, 1.54) is 9.80 Å². The van der Waals surface area contributed by atoms with Gasteiger partial charge in [-0.25, -0.2) is 0 Å². The van der Waals surface area contributed by atoms with Gasteiger partial charge in [0.2, 0.25) is 11.6 Å². The lowest BCUT2D eigenvalue weighted by molar-refractivity contribution is -0.128. The number of likely N-dealkylation sites (N-methyl/N-ethyl adjacent to an activating group) is 1. The number of nitrogens with zero attached hydrogens (tertiary/aromatic N) is 2. The van der Waals surface area contributed by atoms with Gasteiger partial charge in [-0.15, -0.1) is 0 Å². The van der Waals surface area contributed by atoms with E-state index in [9.17, 15) is 14.4 Å². The van der Waals surface area contributed by atoms with Crippen LogP contribution in [0.4, 0.5) is 11.4 Å². The summed E-state index contributed by atoms with van der Waals surface area (Å²) in [5, 5.41) is 2.96. The number of fused-ring (bicyclic) bond motifs is 3. The molecule has 1 atom stereocenters. The number of carbonyl (C=O) groups is 3. The highest BCUT2D eigenvalue weighted by atomic mass is 16.2. The Kier molecular flexibility index (Phi) is 3.80. The predicted molar refractivity (Wildman–Crippen MR) is 103 cm³/mol. The molecule has 2 aliphatic rings. The zero-order valence-corrected chi connectivity index (χ0v) is 15.6. The molecule has 6 nitrogen and oxygen atoms in total. The van der Waals surface area contributed by atoms with Crippen molar-refractivity contribution in [1.29, 1.82) is 0 Å². The van der Waals surface area contributed by atoms with Crippen molar-refractivity contribution in [3.8, 4) is 0 Å². The maximum absolute atomic E-state index is 13.4. The fraction of sp³-hybridized carbons (Fsp3) is 0.286. The maximum Gasteiger partial charge on any atom is 0.271 e. The Balaban J connectivity index is 1.82. The molecule has 2 aliphatic heterocycles. The number of aryl methyl sites for hydroxylation is 2. The van der Waals surface area contributed by atoms with Crippen LogP contribution in [0.1, 0.15) is 34.3 Å². The molecule has 0 radical (unpaired) electrons. The highest BCUT2D eigenvalue weighted by Gasteiger charge is 2.59. The second kappa shape index (κ2) is 5.94. The summed E-state index contributed by atoms with van der Waals surface area (Å²) in [6, 6.07) is 12.7. The van der Waals surface area contributed by atoms with Crippen LogP contribution in [-0.2, 0) is 9.59 Å². The van der Waals surface area contributed by atoms with Gasteiger partial charge in [-0.2, -0.15) is 0 Å². The van der Waals surface area contributed by atoms with Gasteiger partial charge in [0.1, 0.15) is 0 Å². The van der Waals surface area contributed by atoms with Crippen molar-refractivity contribution in [2.75, 3.05) is 17.3 Å². The summed E-state index contributed by atoms with van der Waals surface area (Å²) in [5.41, 5.74) is 2.22. The lowest BCUT2D eigenvalue weighted by Gasteiger charge is -2.47. The monoisotopic (exact) mass is 363 g/mol. The molecule has 1 fully saturated rings. The smallest absolute Gasteiger partial charge is 0.271 e. The standard InChI is InChI=1S/C21H21N3O3/c1-13-8-9-14(2)16(12-13)22-20(27)21-11-10-18(25)24(21)17-7-5-4-6-15(17)19(26)23(21)3/h4-9,12H,10-11H2,1-3H3,(H,22,27). The van der Waals surface area contributed by atoms with Crippen molar-refractivity contribution in [3.05, 3.63) is 59.2 Å². The second-order valence-corrected chi connectivity index (χ2v) is 7.20. The number of nitrogens with one attached hydrogen (secondary N) is 1. The van der Waals surface area contributed by atoms with Gasteiger partial charge < -0.3 is 10.2 Å². The average Bonchev–Trinajstić information content (AvgIpc) is 3.01. The highest BCUT2D eigenvalue weighted by molar-refractivity contribution is 6.18. The molecule has 0 aromatic heterocycles. The van der Waals surface area contributed by atoms with E-state index >= 15 is 0 Å². The minimum atomic E-state index is -1.35. The van der Waals surface area contributed by atoms with Crippen LogP contribution in [0.3, 0.4) is 0 Å².